The summed E-state index contributed by atoms with van der Waals surface area (Å²) in [5, 5.41) is 6.19. The second kappa shape index (κ2) is 7.65. The van der Waals surface area contributed by atoms with Crippen LogP contribution in [0, 0.1) is 11.6 Å². The second-order valence-corrected chi connectivity index (χ2v) is 5.92. The molecule has 1 amide bonds. The van der Waals surface area contributed by atoms with Gasteiger partial charge in [0.25, 0.3) is 0 Å². The smallest absolute Gasteiger partial charge is 0.250 e. The van der Waals surface area contributed by atoms with Crippen molar-refractivity contribution in [3.63, 3.8) is 0 Å². The number of carbonyl (C=O) groups excluding carboxylic acids is 1. The molecule has 0 saturated heterocycles. The van der Waals surface area contributed by atoms with Crippen molar-refractivity contribution in [3.8, 4) is 22.8 Å². The van der Waals surface area contributed by atoms with E-state index in [4.69, 9.17) is 18.7 Å². The third-order valence-corrected chi connectivity index (χ3v) is 3.90. The average molecular weight is 388 g/mol. The minimum atomic E-state index is -0.863. The molecule has 1 aromatic heterocycles. The van der Waals surface area contributed by atoms with Crippen LogP contribution in [0.5, 0.6) is 11.5 Å². The largest absolute Gasteiger partial charge is 0.454 e. The van der Waals surface area contributed by atoms with Crippen LogP contribution in [-0.4, -0.2) is 24.5 Å². The first-order chi connectivity index (χ1) is 13.6. The zero-order chi connectivity index (χ0) is 19.5. The lowest BCUT2D eigenvalue weighted by Crippen LogP contribution is -2.19. The fourth-order valence-corrected chi connectivity index (χ4v) is 2.59. The van der Waals surface area contributed by atoms with E-state index in [0.29, 0.717) is 29.0 Å². The van der Waals surface area contributed by atoms with Gasteiger partial charge in [-0.3, -0.25) is 4.79 Å². The van der Waals surface area contributed by atoms with E-state index in [-0.39, 0.29) is 25.7 Å². The molecule has 0 bridgehead atoms. The fourth-order valence-electron chi connectivity index (χ4n) is 2.59. The third kappa shape index (κ3) is 3.94. The summed E-state index contributed by atoms with van der Waals surface area (Å²) < 4.78 is 47.5. The van der Waals surface area contributed by atoms with E-state index >= 15 is 0 Å². The number of fused-ring (bicyclic) bond motifs is 1. The van der Waals surface area contributed by atoms with E-state index in [1.165, 1.54) is 0 Å². The van der Waals surface area contributed by atoms with Crippen molar-refractivity contribution in [2.45, 2.75) is 6.61 Å². The van der Waals surface area contributed by atoms with Gasteiger partial charge in [0.2, 0.25) is 12.7 Å². The number of halogens is 2. The number of nitrogens with zero attached hydrogens (tertiary/aromatic N) is 1. The van der Waals surface area contributed by atoms with Gasteiger partial charge >= 0.3 is 0 Å². The van der Waals surface area contributed by atoms with E-state index in [2.05, 4.69) is 10.5 Å². The van der Waals surface area contributed by atoms with Crippen LogP contribution in [0.1, 0.15) is 5.69 Å². The van der Waals surface area contributed by atoms with Crippen LogP contribution in [0.2, 0.25) is 0 Å². The zero-order valence-corrected chi connectivity index (χ0v) is 14.4. The first-order valence-corrected chi connectivity index (χ1v) is 8.27. The summed E-state index contributed by atoms with van der Waals surface area (Å²) in [5.74, 6) is -0.374. The van der Waals surface area contributed by atoms with Crippen molar-refractivity contribution in [3.05, 3.63) is 59.8 Å². The lowest BCUT2D eigenvalue weighted by Gasteiger charge is -2.06. The number of hydrogen-bond acceptors (Lipinski definition) is 6. The fraction of sp³-hybridized carbons (Fsp3) is 0.158. The van der Waals surface area contributed by atoms with E-state index in [0.717, 1.165) is 17.7 Å². The highest BCUT2D eigenvalue weighted by Gasteiger charge is 2.16. The minimum absolute atomic E-state index is 0.0212. The molecule has 0 fully saturated rings. The molecule has 28 heavy (non-hydrogen) atoms. The first kappa shape index (κ1) is 17.9. The van der Waals surface area contributed by atoms with Crippen molar-refractivity contribution >= 4 is 11.6 Å². The van der Waals surface area contributed by atoms with Crippen LogP contribution >= 0.6 is 0 Å². The van der Waals surface area contributed by atoms with E-state index < -0.39 is 17.5 Å². The van der Waals surface area contributed by atoms with Crippen molar-refractivity contribution in [1.29, 1.82) is 0 Å². The summed E-state index contributed by atoms with van der Waals surface area (Å²) in [5.41, 5.74) is 1.11. The van der Waals surface area contributed by atoms with E-state index in [1.54, 1.807) is 18.2 Å². The lowest BCUT2D eigenvalue weighted by molar-refractivity contribution is -0.121. The molecule has 0 spiro atoms. The molecule has 0 unspecified atom stereocenters. The Morgan fingerprint density at radius 3 is 2.82 bits per heavy atom. The molecule has 0 radical (unpaired) electrons. The second-order valence-electron chi connectivity index (χ2n) is 5.92. The van der Waals surface area contributed by atoms with Crippen molar-refractivity contribution in [2.24, 2.45) is 0 Å². The molecule has 1 aliphatic heterocycles. The van der Waals surface area contributed by atoms with Crippen LogP contribution in [0.4, 0.5) is 14.5 Å². The maximum absolute atomic E-state index is 13.5. The lowest BCUT2D eigenvalue weighted by atomic mass is 10.1. The molecule has 7 nitrogen and oxygen atoms in total. The Bertz CT molecular complexity index is 1020. The summed E-state index contributed by atoms with van der Waals surface area (Å²) >= 11 is 0. The Kier molecular flexibility index (Phi) is 4.90. The number of anilines is 1. The highest BCUT2D eigenvalue weighted by molar-refractivity contribution is 5.91. The monoisotopic (exact) mass is 388 g/mol. The van der Waals surface area contributed by atoms with Gasteiger partial charge in [-0.25, -0.2) is 8.78 Å². The maximum atomic E-state index is 13.5. The number of hydrogen-bond donors (Lipinski definition) is 1. The molecule has 1 aliphatic rings. The summed E-state index contributed by atoms with van der Waals surface area (Å²) in [4.78, 5) is 11.8. The standard InChI is InChI=1S/C19H14F2N2O5/c20-12-2-3-15(14(21)6-12)22-19(24)9-25-8-13-7-17(28-23-13)11-1-4-16-18(5-11)27-10-26-16/h1-7H,8-10H2,(H,22,24). The van der Waals surface area contributed by atoms with Crippen LogP contribution in [0.25, 0.3) is 11.3 Å². The van der Waals surface area contributed by atoms with Crippen molar-refractivity contribution in [1.82, 2.24) is 5.16 Å². The number of amides is 1. The topological polar surface area (TPSA) is 82.8 Å². The van der Waals surface area contributed by atoms with Gasteiger partial charge in [-0.1, -0.05) is 5.16 Å². The van der Waals surface area contributed by atoms with E-state index in [1.807, 2.05) is 6.07 Å². The van der Waals surface area contributed by atoms with Crippen LogP contribution in [0.15, 0.2) is 47.0 Å². The highest BCUT2D eigenvalue weighted by Crippen LogP contribution is 2.36. The van der Waals surface area contributed by atoms with Gasteiger partial charge < -0.3 is 24.1 Å². The number of benzene rings is 2. The van der Waals surface area contributed by atoms with Crippen LogP contribution < -0.4 is 14.8 Å². The van der Waals surface area contributed by atoms with Gasteiger partial charge in [0, 0.05) is 17.7 Å². The summed E-state index contributed by atoms with van der Waals surface area (Å²) in [6, 6.07) is 9.90. The average Bonchev–Trinajstić information content (AvgIpc) is 3.32. The van der Waals surface area contributed by atoms with Crippen LogP contribution in [0.3, 0.4) is 0 Å². The quantitative estimate of drug-likeness (QED) is 0.696. The van der Waals surface area contributed by atoms with Gasteiger partial charge in [0.05, 0.1) is 12.3 Å². The highest BCUT2D eigenvalue weighted by atomic mass is 19.1. The number of nitrogens with one attached hydrogen (secondary N) is 1. The number of aromatic nitrogens is 1. The third-order valence-electron chi connectivity index (χ3n) is 3.90. The molecule has 2 aromatic carbocycles. The van der Waals surface area contributed by atoms with Crippen LogP contribution in [-0.2, 0) is 16.1 Å². The molecule has 0 aliphatic carbocycles. The number of carbonyl (C=O) groups is 1. The SMILES string of the molecule is O=C(COCc1cc(-c2ccc3c(c2)OCO3)on1)Nc1ccc(F)cc1F. The molecule has 4 rings (SSSR count). The molecule has 3 aromatic rings. The number of ether oxygens (including phenoxy) is 3. The normalized spacial score (nSPS) is 12.2. The van der Waals surface area contributed by atoms with Gasteiger partial charge in [-0.15, -0.1) is 0 Å². The van der Waals surface area contributed by atoms with Gasteiger partial charge in [-0.05, 0) is 30.3 Å². The van der Waals surface area contributed by atoms with Gasteiger partial charge in [0.1, 0.15) is 23.9 Å². The summed E-state index contributed by atoms with van der Waals surface area (Å²) in [6.07, 6.45) is 0. The molecular formula is C19H14F2N2O5. The first-order valence-electron chi connectivity index (χ1n) is 8.27. The van der Waals surface area contributed by atoms with Gasteiger partial charge in [-0.2, -0.15) is 0 Å². The number of rotatable bonds is 6. The predicted molar refractivity (Wildman–Crippen MR) is 92.7 cm³/mol. The summed E-state index contributed by atoms with van der Waals surface area (Å²) in [6.45, 7) is -0.130. The molecule has 0 saturated carbocycles. The molecular weight excluding hydrogens is 374 g/mol. The Balaban J connectivity index is 1.30. The van der Waals surface area contributed by atoms with Gasteiger partial charge in [0.15, 0.2) is 17.3 Å². The van der Waals surface area contributed by atoms with Crippen molar-refractivity contribution < 1.29 is 32.3 Å². The Morgan fingerprint density at radius 2 is 1.96 bits per heavy atom. The van der Waals surface area contributed by atoms with E-state index in [9.17, 15) is 13.6 Å². The molecule has 1 N–H and O–H groups in total. The molecule has 0 atom stereocenters. The van der Waals surface area contributed by atoms with Crippen molar-refractivity contribution in [2.75, 3.05) is 18.7 Å². The minimum Gasteiger partial charge on any atom is -0.454 e. The molecule has 144 valence electrons. The zero-order valence-electron chi connectivity index (χ0n) is 14.4. The Hall–Kier alpha value is -3.46. The predicted octanol–water partition coefficient (Wildman–Crippen LogP) is 3.50. The Morgan fingerprint density at radius 1 is 1.11 bits per heavy atom. The Labute approximate surface area is 157 Å². The molecule has 9 heteroatoms. The summed E-state index contributed by atoms with van der Waals surface area (Å²) in [7, 11) is 0. The maximum Gasteiger partial charge on any atom is 0.250 e. The molecule has 2 heterocycles.